The van der Waals surface area contributed by atoms with Crippen molar-refractivity contribution in [2.45, 2.75) is 4.90 Å². The number of carboxylic acid groups (broad SMARTS) is 1. The summed E-state index contributed by atoms with van der Waals surface area (Å²) in [4.78, 5) is 24.1. The van der Waals surface area contributed by atoms with Crippen LogP contribution in [0.4, 0.5) is 45.5 Å². The molecule has 0 saturated carbocycles. The summed E-state index contributed by atoms with van der Waals surface area (Å²) in [5.74, 6) is -1.86. The van der Waals surface area contributed by atoms with E-state index in [2.05, 4.69) is 30.7 Å². The van der Waals surface area contributed by atoms with Crippen LogP contribution >= 0.6 is 0 Å². The van der Waals surface area contributed by atoms with Crippen molar-refractivity contribution in [3.05, 3.63) is 108 Å². The minimum atomic E-state index is -4.82. The summed E-state index contributed by atoms with van der Waals surface area (Å²) in [6, 6.07) is 25.0. The SMILES string of the molecule is CN(C)C(=O)c1ccc(N=Nc2c(N)c(N=Nc3ccc(-c4ccc(N=Nc5ccc(O)c(C(=O)O)c5)cc4)cc3)cc(S(=O)(=O)O)c2N)cc1.[Na+]. The van der Waals surface area contributed by atoms with Gasteiger partial charge >= 0.3 is 35.5 Å². The predicted octanol–water partition coefficient (Wildman–Crippen LogP) is 5.12. The van der Waals surface area contributed by atoms with Crippen LogP contribution in [0.5, 0.6) is 5.75 Å². The topological polar surface area (TPSA) is 258 Å². The Labute approximate surface area is 319 Å². The number of nitrogen functional groups attached to an aromatic ring is 2. The molecule has 18 heteroatoms. The number of aromatic hydroxyl groups is 1. The van der Waals surface area contributed by atoms with Gasteiger partial charge in [-0.05, 0) is 83.9 Å². The Kier molecular flexibility index (Phi) is 12.3. The van der Waals surface area contributed by atoms with E-state index >= 15 is 0 Å². The summed E-state index contributed by atoms with van der Waals surface area (Å²) < 4.78 is 34.1. The first-order valence-electron chi connectivity index (χ1n) is 14.7. The van der Waals surface area contributed by atoms with Crippen LogP contribution in [-0.2, 0) is 10.1 Å². The normalized spacial score (nSPS) is 11.6. The van der Waals surface area contributed by atoms with Crippen LogP contribution in [0.2, 0.25) is 0 Å². The second-order valence-electron chi connectivity index (χ2n) is 11.0. The molecule has 5 rings (SSSR count). The van der Waals surface area contributed by atoms with Gasteiger partial charge in [0.05, 0.1) is 34.1 Å². The third-order valence-electron chi connectivity index (χ3n) is 7.22. The van der Waals surface area contributed by atoms with Gasteiger partial charge in [-0.2, -0.15) is 28.9 Å². The third kappa shape index (κ3) is 9.27. The van der Waals surface area contributed by atoms with Crippen LogP contribution in [0.25, 0.3) is 11.1 Å². The summed E-state index contributed by atoms with van der Waals surface area (Å²) in [6.45, 7) is 0. The van der Waals surface area contributed by atoms with E-state index in [1.807, 2.05) is 12.1 Å². The van der Waals surface area contributed by atoms with Gasteiger partial charge in [0.2, 0.25) is 0 Å². The maximum absolute atomic E-state index is 12.2. The summed E-state index contributed by atoms with van der Waals surface area (Å²) in [6.07, 6.45) is 0. The monoisotopic (exact) mass is 730 g/mol. The number of rotatable bonds is 10. The Morgan fingerprint density at radius 2 is 1.12 bits per heavy atom. The van der Waals surface area contributed by atoms with Crippen molar-refractivity contribution in [2.75, 3.05) is 25.6 Å². The van der Waals surface area contributed by atoms with Gasteiger partial charge in [0.15, 0.2) is 0 Å². The van der Waals surface area contributed by atoms with Gasteiger partial charge in [-0.25, -0.2) is 4.79 Å². The molecule has 258 valence electrons. The maximum Gasteiger partial charge on any atom is 1.00 e. The second kappa shape index (κ2) is 16.4. The molecule has 0 spiro atoms. The first kappa shape index (κ1) is 38.9. The fourth-order valence-electron chi connectivity index (χ4n) is 4.53. The molecule has 1 amide bonds. The van der Waals surface area contributed by atoms with Gasteiger partial charge in [-0.15, -0.1) is 10.2 Å². The zero-order chi connectivity index (χ0) is 36.9. The van der Waals surface area contributed by atoms with E-state index in [1.54, 1.807) is 62.6 Å². The van der Waals surface area contributed by atoms with Gasteiger partial charge < -0.3 is 26.6 Å². The molecule has 5 aromatic carbocycles. The number of phenols is 1. The third-order valence-corrected chi connectivity index (χ3v) is 8.11. The molecule has 0 unspecified atom stereocenters. The van der Waals surface area contributed by atoms with Crippen molar-refractivity contribution >= 4 is 67.5 Å². The van der Waals surface area contributed by atoms with Crippen LogP contribution in [0.3, 0.4) is 0 Å². The number of amides is 1. The Bertz CT molecular complexity index is 2330. The van der Waals surface area contributed by atoms with Crippen molar-refractivity contribution in [3.8, 4) is 16.9 Å². The number of benzene rings is 5. The van der Waals surface area contributed by atoms with E-state index in [0.29, 0.717) is 22.6 Å². The number of carbonyl (C=O) groups excluding carboxylic acids is 1. The number of anilines is 2. The molecule has 7 N–H and O–H groups in total. The number of nitrogens with zero attached hydrogens (tertiary/aromatic N) is 7. The quantitative estimate of drug-likeness (QED) is 0.0552. The van der Waals surface area contributed by atoms with Crippen LogP contribution in [-0.4, -0.2) is 54.1 Å². The number of nitrogens with two attached hydrogens (primary N) is 2. The number of carboxylic acids is 1. The van der Waals surface area contributed by atoms with Crippen LogP contribution < -0.4 is 41.0 Å². The average molecular weight is 731 g/mol. The summed E-state index contributed by atoms with van der Waals surface area (Å²) in [5, 5.41) is 43.3. The van der Waals surface area contributed by atoms with Crippen LogP contribution in [0, 0.1) is 0 Å². The fourth-order valence-corrected chi connectivity index (χ4v) is 5.16. The molecule has 0 aliphatic rings. The Hall–Kier alpha value is -5.85. The zero-order valence-electron chi connectivity index (χ0n) is 27.9. The van der Waals surface area contributed by atoms with Crippen molar-refractivity contribution in [2.24, 2.45) is 30.7 Å². The molecular formula is C34H29N9NaO7S+. The van der Waals surface area contributed by atoms with Crippen molar-refractivity contribution < 1.29 is 62.3 Å². The number of aromatic carboxylic acids is 1. The minimum Gasteiger partial charge on any atom is -0.507 e. The number of azo groups is 3. The molecule has 5 aromatic rings. The van der Waals surface area contributed by atoms with E-state index in [-0.39, 0.29) is 69.5 Å². The van der Waals surface area contributed by atoms with E-state index < -0.39 is 26.7 Å². The van der Waals surface area contributed by atoms with Gasteiger partial charge in [-0.3, -0.25) is 9.35 Å². The first-order chi connectivity index (χ1) is 24.2. The largest absolute Gasteiger partial charge is 1.00 e. The zero-order valence-corrected chi connectivity index (χ0v) is 30.7. The van der Waals surface area contributed by atoms with Crippen molar-refractivity contribution in [1.82, 2.24) is 4.90 Å². The average Bonchev–Trinajstić information content (AvgIpc) is 3.10. The molecule has 0 fully saturated rings. The number of hydrogen-bond donors (Lipinski definition) is 5. The van der Waals surface area contributed by atoms with E-state index in [0.717, 1.165) is 17.2 Å². The van der Waals surface area contributed by atoms with Gasteiger partial charge in [0, 0.05) is 19.7 Å². The fraction of sp³-hybridized carbons (Fsp3) is 0.0588. The molecular weight excluding hydrogens is 701 g/mol. The van der Waals surface area contributed by atoms with Gasteiger partial charge in [0.1, 0.15) is 27.6 Å². The summed E-state index contributed by atoms with van der Waals surface area (Å²) in [7, 11) is -1.58. The first-order valence-corrected chi connectivity index (χ1v) is 16.2. The maximum atomic E-state index is 12.2. The molecule has 0 aliphatic heterocycles. The summed E-state index contributed by atoms with van der Waals surface area (Å²) in [5.41, 5.74) is 14.6. The van der Waals surface area contributed by atoms with Crippen molar-refractivity contribution in [3.63, 3.8) is 0 Å². The van der Waals surface area contributed by atoms with Crippen LogP contribution in [0.15, 0.2) is 133 Å². The van der Waals surface area contributed by atoms with Crippen LogP contribution in [0.1, 0.15) is 20.7 Å². The molecule has 16 nitrogen and oxygen atoms in total. The number of carbonyl (C=O) groups is 2. The second-order valence-corrected chi connectivity index (χ2v) is 12.4. The smallest absolute Gasteiger partial charge is 0.507 e. The Morgan fingerprint density at radius 1 is 0.654 bits per heavy atom. The van der Waals surface area contributed by atoms with Gasteiger partial charge in [-0.1, -0.05) is 24.3 Å². The Morgan fingerprint density at radius 3 is 1.62 bits per heavy atom. The minimum absolute atomic E-state index is 0. The van der Waals surface area contributed by atoms with Crippen molar-refractivity contribution in [1.29, 1.82) is 0 Å². The Balaban J connectivity index is 0.00000605. The van der Waals surface area contributed by atoms with E-state index in [4.69, 9.17) is 16.6 Å². The molecule has 0 bridgehead atoms. The molecule has 0 radical (unpaired) electrons. The molecule has 52 heavy (non-hydrogen) atoms. The molecule has 0 aromatic heterocycles. The summed E-state index contributed by atoms with van der Waals surface area (Å²) >= 11 is 0. The molecule has 0 saturated heterocycles. The predicted molar refractivity (Wildman–Crippen MR) is 189 cm³/mol. The van der Waals surface area contributed by atoms with E-state index in [9.17, 15) is 27.7 Å². The molecule has 0 heterocycles. The molecule has 0 atom stereocenters. The van der Waals surface area contributed by atoms with Gasteiger partial charge in [0.25, 0.3) is 16.0 Å². The van der Waals surface area contributed by atoms with E-state index in [1.165, 1.54) is 35.2 Å². The molecule has 0 aliphatic carbocycles. The number of hydrogen-bond acceptors (Lipinski definition) is 13. The standard InChI is InChI=1S/C34H29N9O7S.Na/c1-43(2)33(45)21-7-13-24(14-8-21)39-42-32-30(35)27(18-29(31(32)36)51(48,49)50)41-38-23-11-5-20(6-12-23)19-3-9-22(10-4-19)37-40-25-15-16-28(44)26(17-25)34(46)47;/h3-18,44H,35-36H2,1-2H3,(H,46,47)(H,48,49,50);/q;+1.